The number of methoxy groups -OCH3 is 1. The molecule has 0 aromatic heterocycles. The first-order valence-electron chi connectivity index (χ1n) is 6.37. The van der Waals surface area contributed by atoms with E-state index in [1.165, 1.54) is 7.11 Å². The molecule has 0 saturated heterocycles. The highest BCUT2D eigenvalue weighted by atomic mass is 32.2. The Balaban J connectivity index is 2.12. The Labute approximate surface area is 127 Å². The van der Waals surface area contributed by atoms with Gasteiger partial charge in [0.05, 0.1) is 12.0 Å². The van der Waals surface area contributed by atoms with Crippen LogP contribution in [-0.2, 0) is 12.3 Å². The first kappa shape index (κ1) is 15.3. The van der Waals surface area contributed by atoms with Crippen molar-refractivity contribution in [1.82, 2.24) is 0 Å². The third-order valence-electron chi connectivity index (χ3n) is 2.98. The fourth-order valence-corrected chi connectivity index (χ4v) is 2.82. The van der Waals surface area contributed by atoms with E-state index in [4.69, 9.17) is 10.5 Å². The number of nitro groups is 1. The molecule has 0 radical (unpaired) electrons. The Morgan fingerprint density at radius 3 is 2.71 bits per heavy atom. The molecule has 0 heterocycles. The van der Waals surface area contributed by atoms with E-state index in [0.717, 1.165) is 16.0 Å². The van der Waals surface area contributed by atoms with Gasteiger partial charge in [0.2, 0.25) is 0 Å². The van der Waals surface area contributed by atoms with Crippen LogP contribution < -0.4 is 10.5 Å². The molecule has 0 aliphatic heterocycles. The fraction of sp³-hybridized carbons (Fsp3) is 0.200. The van der Waals surface area contributed by atoms with Gasteiger partial charge in [0.15, 0.2) is 5.75 Å². The predicted octanol–water partition coefficient (Wildman–Crippen LogP) is 3.35. The van der Waals surface area contributed by atoms with E-state index >= 15 is 0 Å². The lowest BCUT2D eigenvalue weighted by molar-refractivity contribution is -0.385. The molecule has 0 aliphatic rings. The van der Waals surface area contributed by atoms with Gasteiger partial charge in [-0.2, -0.15) is 0 Å². The molecule has 0 fully saturated rings. The Kier molecular flexibility index (Phi) is 5.19. The summed E-state index contributed by atoms with van der Waals surface area (Å²) in [5.74, 6) is 0.928. The number of nitrogens with two attached hydrogens (primary N) is 1. The summed E-state index contributed by atoms with van der Waals surface area (Å²) in [6.45, 7) is 0.502. The maximum absolute atomic E-state index is 11.0. The zero-order chi connectivity index (χ0) is 15.2. The average Bonchev–Trinajstić information content (AvgIpc) is 2.52. The number of nitro benzene ring substituents is 1. The van der Waals surface area contributed by atoms with E-state index in [1.54, 1.807) is 23.9 Å². The zero-order valence-electron chi connectivity index (χ0n) is 11.6. The van der Waals surface area contributed by atoms with Crippen molar-refractivity contribution in [2.45, 2.75) is 17.2 Å². The molecule has 2 rings (SSSR count). The molecule has 0 amide bonds. The second kappa shape index (κ2) is 7.10. The van der Waals surface area contributed by atoms with Crippen LogP contribution >= 0.6 is 11.8 Å². The van der Waals surface area contributed by atoms with Crippen LogP contribution in [0.1, 0.15) is 11.1 Å². The van der Waals surface area contributed by atoms with Crippen LogP contribution in [0.2, 0.25) is 0 Å². The molecule has 2 aromatic carbocycles. The third-order valence-corrected chi connectivity index (χ3v) is 4.04. The standard InChI is InChI=1S/C15H16N2O3S/c1-20-15-6-5-12(8-14(15)17(18)19)10-21-13-4-2-3-11(7-13)9-16/h2-8H,9-10,16H2,1H3. The van der Waals surface area contributed by atoms with Crippen molar-refractivity contribution >= 4 is 17.4 Å². The average molecular weight is 304 g/mol. The second-order valence-corrected chi connectivity index (χ2v) is 5.45. The number of benzene rings is 2. The molecule has 0 aliphatic carbocycles. The normalized spacial score (nSPS) is 10.4. The van der Waals surface area contributed by atoms with E-state index in [0.29, 0.717) is 12.3 Å². The van der Waals surface area contributed by atoms with Gasteiger partial charge in [0.1, 0.15) is 0 Å². The number of rotatable bonds is 6. The Hall–Kier alpha value is -2.05. The van der Waals surface area contributed by atoms with Crippen LogP contribution in [0.5, 0.6) is 5.75 Å². The minimum absolute atomic E-state index is 0.00805. The van der Waals surface area contributed by atoms with Gasteiger partial charge in [0.25, 0.3) is 0 Å². The van der Waals surface area contributed by atoms with E-state index in [-0.39, 0.29) is 11.4 Å². The van der Waals surface area contributed by atoms with Gasteiger partial charge in [-0.05, 0) is 29.3 Å². The fourth-order valence-electron chi connectivity index (χ4n) is 1.90. The number of nitrogens with zero attached hydrogens (tertiary/aromatic N) is 1. The van der Waals surface area contributed by atoms with Gasteiger partial charge in [0, 0.05) is 23.3 Å². The minimum atomic E-state index is -0.429. The van der Waals surface area contributed by atoms with Crippen molar-refractivity contribution in [2.75, 3.05) is 7.11 Å². The molecule has 0 unspecified atom stereocenters. The SMILES string of the molecule is COc1ccc(CSc2cccc(CN)c2)cc1[N+](=O)[O-]. The number of hydrogen-bond acceptors (Lipinski definition) is 5. The Bertz CT molecular complexity index is 647. The Morgan fingerprint density at radius 2 is 2.05 bits per heavy atom. The molecule has 0 bridgehead atoms. The van der Waals surface area contributed by atoms with Crippen molar-refractivity contribution in [3.63, 3.8) is 0 Å². The van der Waals surface area contributed by atoms with Crippen molar-refractivity contribution < 1.29 is 9.66 Å². The summed E-state index contributed by atoms with van der Waals surface area (Å²) < 4.78 is 4.99. The molecular formula is C15H16N2O3S. The highest BCUT2D eigenvalue weighted by Gasteiger charge is 2.15. The molecule has 21 heavy (non-hydrogen) atoms. The summed E-state index contributed by atoms with van der Waals surface area (Å²) >= 11 is 1.62. The van der Waals surface area contributed by atoms with Crippen molar-refractivity contribution in [1.29, 1.82) is 0 Å². The number of hydrogen-bond donors (Lipinski definition) is 1. The van der Waals surface area contributed by atoms with Gasteiger partial charge < -0.3 is 10.5 Å². The van der Waals surface area contributed by atoms with Crippen molar-refractivity contribution in [3.8, 4) is 5.75 Å². The highest BCUT2D eigenvalue weighted by molar-refractivity contribution is 7.98. The summed E-state index contributed by atoms with van der Waals surface area (Å²) in [5.41, 5.74) is 7.56. The lowest BCUT2D eigenvalue weighted by Gasteiger charge is -2.06. The topological polar surface area (TPSA) is 78.4 Å². The molecule has 2 aromatic rings. The zero-order valence-corrected chi connectivity index (χ0v) is 12.4. The molecular weight excluding hydrogens is 288 g/mol. The van der Waals surface area contributed by atoms with E-state index < -0.39 is 4.92 Å². The molecule has 6 heteroatoms. The summed E-state index contributed by atoms with van der Waals surface area (Å²) in [4.78, 5) is 11.7. The lowest BCUT2D eigenvalue weighted by atomic mass is 10.2. The van der Waals surface area contributed by atoms with Gasteiger partial charge in [-0.3, -0.25) is 10.1 Å². The van der Waals surface area contributed by atoms with E-state index in [2.05, 4.69) is 0 Å². The smallest absolute Gasteiger partial charge is 0.311 e. The molecule has 0 spiro atoms. The van der Waals surface area contributed by atoms with Crippen LogP contribution in [0, 0.1) is 10.1 Å². The maximum atomic E-state index is 11.0. The van der Waals surface area contributed by atoms with E-state index in [9.17, 15) is 10.1 Å². The van der Waals surface area contributed by atoms with Crippen molar-refractivity contribution in [3.05, 3.63) is 63.7 Å². The van der Waals surface area contributed by atoms with Gasteiger partial charge in [-0.1, -0.05) is 18.2 Å². The second-order valence-electron chi connectivity index (χ2n) is 4.40. The molecule has 0 atom stereocenters. The number of ether oxygens (including phenoxy) is 1. The predicted molar refractivity (Wildman–Crippen MR) is 83.5 cm³/mol. The third kappa shape index (κ3) is 3.96. The summed E-state index contributed by atoms with van der Waals surface area (Å²) in [5, 5.41) is 11.0. The minimum Gasteiger partial charge on any atom is -0.490 e. The maximum Gasteiger partial charge on any atom is 0.311 e. The summed E-state index contributed by atoms with van der Waals surface area (Å²) in [6, 6.07) is 13.0. The van der Waals surface area contributed by atoms with Crippen molar-refractivity contribution in [2.24, 2.45) is 5.73 Å². The Morgan fingerprint density at radius 1 is 1.24 bits per heavy atom. The largest absolute Gasteiger partial charge is 0.490 e. The number of thioether (sulfide) groups is 1. The monoisotopic (exact) mass is 304 g/mol. The van der Waals surface area contributed by atoms with Gasteiger partial charge >= 0.3 is 5.69 Å². The summed E-state index contributed by atoms with van der Waals surface area (Å²) in [6.07, 6.45) is 0. The van der Waals surface area contributed by atoms with E-state index in [1.807, 2.05) is 30.3 Å². The van der Waals surface area contributed by atoms with Crippen LogP contribution in [-0.4, -0.2) is 12.0 Å². The quantitative estimate of drug-likeness (QED) is 0.503. The van der Waals surface area contributed by atoms with Crippen LogP contribution in [0.4, 0.5) is 5.69 Å². The van der Waals surface area contributed by atoms with Crippen LogP contribution in [0.15, 0.2) is 47.4 Å². The highest BCUT2D eigenvalue weighted by Crippen LogP contribution is 2.30. The lowest BCUT2D eigenvalue weighted by Crippen LogP contribution is -1.96. The van der Waals surface area contributed by atoms with Crippen LogP contribution in [0.25, 0.3) is 0 Å². The first-order chi connectivity index (χ1) is 10.1. The molecule has 5 nitrogen and oxygen atoms in total. The van der Waals surface area contributed by atoms with Crippen LogP contribution in [0.3, 0.4) is 0 Å². The molecule has 110 valence electrons. The van der Waals surface area contributed by atoms with Gasteiger partial charge in [-0.25, -0.2) is 0 Å². The first-order valence-corrected chi connectivity index (χ1v) is 7.35. The molecule has 0 saturated carbocycles. The summed E-state index contributed by atoms with van der Waals surface area (Å²) in [7, 11) is 1.43. The van der Waals surface area contributed by atoms with Gasteiger partial charge in [-0.15, -0.1) is 11.8 Å². The molecule has 2 N–H and O–H groups in total.